The van der Waals surface area contributed by atoms with Gasteiger partial charge in [0.2, 0.25) is 5.91 Å². The Kier molecular flexibility index (Phi) is 8.68. The molecule has 4 aromatic rings. The summed E-state index contributed by atoms with van der Waals surface area (Å²) in [5.41, 5.74) is 0.992. The van der Waals surface area contributed by atoms with Crippen LogP contribution in [-0.2, 0) is 26.4 Å². The molecular weight excluding hydrogens is 506 g/mol. The van der Waals surface area contributed by atoms with Crippen LogP contribution >= 0.6 is 0 Å². The first kappa shape index (κ1) is 27.3. The van der Waals surface area contributed by atoms with E-state index < -0.39 is 22.8 Å². The number of aromatic amines is 1. The molecule has 1 aromatic heterocycles. The summed E-state index contributed by atoms with van der Waals surface area (Å²) < 4.78 is 13.7. The summed E-state index contributed by atoms with van der Waals surface area (Å²) in [7, 11) is 0. The number of morpholine rings is 1. The minimum atomic E-state index is -0.912. The van der Waals surface area contributed by atoms with Crippen LogP contribution in [0.2, 0.25) is 0 Å². The van der Waals surface area contributed by atoms with E-state index in [4.69, 9.17) is 9.47 Å². The van der Waals surface area contributed by atoms with Gasteiger partial charge in [-0.15, -0.1) is 0 Å². The van der Waals surface area contributed by atoms with Crippen molar-refractivity contribution in [1.29, 1.82) is 0 Å². The van der Waals surface area contributed by atoms with Gasteiger partial charge in [-0.05, 0) is 23.1 Å². The van der Waals surface area contributed by atoms with Crippen molar-refractivity contribution in [2.24, 2.45) is 5.92 Å². The number of ether oxygens (including phenoxy) is 2. The zero-order chi connectivity index (χ0) is 27.8. The Morgan fingerprint density at radius 2 is 1.35 bits per heavy atom. The van der Waals surface area contributed by atoms with Gasteiger partial charge in [0.25, 0.3) is 5.56 Å². The Morgan fingerprint density at radius 3 is 1.85 bits per heavy atom. The van der Waals surface area contributed by atoms with Crippen LogP contribution < -0.4 is 11.2 Å². The van der Waals surface area contributed by atoms with E-state index >= 15 is 0 Å². The Morgan fingerprint density at radius 1 is 0.825 bits per heavy atom. The fourth-order valence-corrected chi connectivity index (χ4v) is 5.28. The zero-order valence-electron chi connectivity index (χ0n) is 22.3. The lowest BCUT2D eigenvalue weighted by Crippen LogP contribution is -2.46. The van der Waals surface area contributed by atoms with Gasteiger partial charge in [-0.3, -0.25) is 19.1 Å². The van der Waals surface area contributed by atoms with Gasteiger partial charge < -0.3 is 14.4 Å². The molecule has 0 bridgehead atoms. The number of amides is 1. The molecule has 3 aromatic carbocycles. The molecule has 5 rings (SSSR count). The molecule has 8 heteroatoms. The fraction of sp³-hybridized carbons (Fsp3) is 0.281. The highest BCUT2D eigenvalue weighted by molar-refractivity contribution is 5.78. The highest BCUT2D eigenvalue weighted by Crippen LogP contribution is 2.40. The molecule has 0 radical (unpaired) electrons. The van der Waals surface area contributed by atoms with Gasteiger partial charge in [0.05, 0.1) is 19.1 Å². The second-order valence-corrected chi connectivity index (χ2v) is 9.81. The standard InChI is InChI=1S/C32H33N3O5/c36-29-16-18-35(31(38)33-29)24-25(30(37)34-19-22-39-23-20-34)17-21-40-32(26-10-4-1-5-11-26,27-12-6-2-7-13-27)28-14-8-3-9-15-28/h1-16,18,25H,17,19-24H2,(H,33,36,38). The maximum absolute atomic E-state index is 13.7. The molecule has 0 saturated carbocycles. The van der Waals surface area contributed by atoms with E-state index in [0.29, 0.717) is 32.7 Å². The summed E-state index contributed by atoms with van der Waals surface area (Å²) >= 11 is 0. The average Bonchev–Trinajstić information content (AvgIpc) is 3.01. The third kappa shape index (κ3) is 5.98. The van der Waals surface area contributed by atoms with Gasteiger partial charge in [0, 0.05) is 38.5 Å². The van der Waals surface area contributed by atoms with E-state index in [2.05, 4.69) is 41.4 Å². The predicted molar refractivity (Wildman–Crippen MR) is 152 cm³/mol. The smallest absolute Gasteiger partial charge is 0.328 e. The van der Waals surface area contributed by atoms with Crippen LogP contribution in [0.5, 0.6) is 0 Å². The third-order valence-electron chi connectivity index (χ3n) is 7.31. The maximum atomic E-state index is 13.7. The second-order valence-electron chi connectivity index (χ2n) is 9.81. The Balaban J connectivity index is 1.48. The highest BCUT2D eigenvalue weighted by Gasteiger charge is 2.38. The van der Waals surface area contributed by atoms with Crippen LogP contribution in [0.4, 0.5) is 0 Å². The number of carbonyl (C=O) groups is 1. The topological polar surface area (TPSA) is 93.6 Å². The van der Waals surface area contributed by atoms with Crippen LogP contribution in [0, 0.1) is 5.92 Å². The molecule has 40 heavy (non-hydrogen) atoms. The molecule has 0 spiro atoms. The van der Waals surface area contributed by atoms with E-state index in [1.165, 1.54) is 16.8 Å². The first-order valence-corrected chi connectivity index (χ1v) is 13.5. The van der Waals surface area contributed by atoms with Crippen LogP contribution in [0.25, 0.3) is 0 Å². The first-order valence-electron chi connectivity index (χ1n) is 13.5. The summed E-state index contributed by atoms with van der Waals surface area (Å²) in [6.45, 7) is 2.33. The monoisotopic (exact) mass is 539 g/mol. The molecule has 1 fully saturated rings. The number of hydrogen-bond acceptors (Lipinski definition) is 5. The average molecular weight is 540 g/mol. The first-order chi connectivity index (χ1) is 19.6. The molecule has 1 unspecified atom stereocenters. The minimum absolute atomic E-state index is 0.0604. The number of aromatic nitrogens is 2. The third-order valence-corrected chi connectivity index (χ3v) is 7.31. The molecule has 206 valence electrons. The molecule has 1 aliphatic rings. The predicted octanol–water partition coefficient (Wildman–Crippen LogP) is 3.41. The highest BCUT2D eigenvalue weighted by atomic mass is 16.5. The quantitative estimate of drug-likeness (QED) is 0.312. The summed E-state index contributed by atoms with van der Waals surface area (Å²) in [4.78, 5) is 41.9. The van der Waals surface area contributed by atoms with Crippen LogP contribution in [-0.4, -0.2) is 53.3 Å². The lowest BCUT2D eigenvalue weighted by molar-refractivity contribution is -0.141. The molecule has 1 aliphatic heterocycles. The van der Waals surface area contributed by atoms with Gasteiger partial charge in [-0.1, -0.05) is 91.0 Å². The maximum Gasteiger partial charge on any atom is 0.328 e. The van der Waals surface area contributed by atoms with E-state index in [-0.39, 0.29) is 19.1 Å². The van der Waals surface area contributed by atoms with Crippen molar-refractivity contribution in [3.05, 3.63) is 141 Å². The van der Waals surface area contributed by atoms with Crippen molar-refractivity contribution in [2.45, 2.75) is 18.6 Å². The van der Waals surface area contributed by atoms with E-state index in [0.717, 1.165) is 16.7 Å². The van der Waals surface area contributed by atoms with E-state index in [9.17, 15) is 14.4 Å². The van der Waals surface area contributed by atoms with Crippen LogP contribution in [0.3, 0.4) is 0 Å². The van der Waals surface area contributed by atoms with Gasteiger partial charge in [-0.2, -0.15) is 0 Å². The molecule has 0 aliphatic carbocycles. The van der Waals surface area contributed by atoms with Gasteiger partial charge in [0.15, 0.2) is 0 Å². The van der Waals surface area contributed by atoms with Crippen molar-refractivity contribution in [3.63, 3.8) is 0 Å². The largest absolute Gasteiger partial charge is 0.378 e. The molecule has 2 heterocycles. The van der Waals surface area contributed by atoms with Crippen molar-refractivity contribution in [3.8, 4) is 0 Å². The molecule has 1 amide bonds. The summed E-state index contributed by atoms with van der Waals surface area (Å²) in [6, 6.07) is 31.5. The normalized spacial score (nSPS) is 14.6. The molecule has 1 saturated heterocycles. The second kappa shape index (κ2) is 12.7. The number of nitrogens with one attached hydrogen (secondary N) is 1. The molecule has 1 N–H and O–H groups in total. The zero-order valence-corrected chi connectivity index (χ0v) is 22.3. The number of H-pyrrole nitrogens is 1. The van der Waals surface area contributed by atoms with Gasteiger partial charge in [0.1, 0.15) is 5.60 Å². The van der Waals surface area contributed by atoms with E-state index in [1.807, 2.05) is 54.6 Å². The Hall–Kier alpha value is -4.27. The number of benzene rings is 3. The summed E-state index contributed by atoms with van der Waals surface area (Å²) in [6.07, 6.45) is 1.81. The van der Waals surface area contributed by atoms with E-state index in [1.54, 1.807) is 4.90 Å². The summed E-state index contributed by atoms with van der Waals surface area (Å²) in [5.74, 6) is -0.601. The van der Waals surface area contributed by atoms with Crippen molar-refractivity contribution >= 4 is 5.91 Å². The van der Waals surface area contributed by atoms with Crippen LogP contribution in [0.1, 0.15) is 23.1 Å². The number of rotatable bonds is 10. The number of nitrogens with zero attached hydrogens (tertiary/aromatic N) is 2. The Bertz CT molecular complexity index is 1400. The molecule has 8 nitrogen and oxygen atoms in total. The van der Waals surface area contributed by atoms with Crippen LogP contribution in [0.15, 0.2) is 113 Å². The fourth-order valence-electron chi connectivity index (χ4n) is 5.28. The number of hydrogen-bond donors (Lipinski definition) is 1. The van der Waals surface area contributed by atoms with Crippen molar-refractivity contribution in [1.82, 2.24) is 14.5 Å². The Labute approximate surface area is 232 Å². The lowest BCUT2D eigenvalue weighted by atomic mass is 9.80. The molecular formula is C32H33N3O5. The SMILES string of the molecule is O=C(C(CCOC(c1ccccc1)(c1ccccc1)c1ccccc1)Cn1ccc(=O)[nH]c1=O)N1CCOCC1. The number of carbonyl (C=O) groups excluding carboxylic acids is 1. The van der Waals surface area contributed by atoms with Crippen molar-refractivity contribution in [2.75, 3.05) is 32.9 Å². The van der Waals surface area contributed by atoms with Crippen molar-refractivity contribution < 1.29 is 14.3 Å². The molecule has 1 atom stereocenters. The lowest BCUT2D eigenvalue weighted by Gasteiger charge is -2.37. The minimum Gasteiger partial charge on any atom is -0.378 e. The van der Waals surface area contributed by atoms with Gasteiger partial charge >= 0.3 is 5.69 Å². The summed E-state index contributed by atoms with van der Waals surface area (Å²) in [5, 5.41) is 0. The van der Waals surface area contributed by atoms with Gasteiger partial charge in [-0.25, -0.2) is 4.79 Å².